The molecule has 0 saturated carbocycles. The van der Waals surface area contributed by atoms with Gasteiger partial charge >= 0.3 is 0 Å². The molecule has 0 aliphatic heterocycles. The second kappa shape index (κ2) is 3.30. The maximum atomic E-state index is 11.7. The van der Waals surface area contributed by atoms with Gasteiger partial charge in [-0.1, -0.05) is 0 Å². The monoisotopic (exact) mass is 212 g/mol. The topological polar surface area (TPSA) is 63.0 Å². The highest BCUT2D eigenvalue weighted by molar-refractivity contribution is 5.59. The number of nitrogens with one attached hydrogen (secondary N) is 1. The number of nitrogens with zero attached hydrogens (tertiary/aromatic N) is 3. The molecule has 0 unspecified atom stereocenters. The Balaban J connectivity index is 2.30. The average molecular weight is 212 g/mol. The molecule has 0 aromatic carbocycles. The maximum absolute atomic E-state index is 11.7. The number of fused-ring (bicyclic) bond motifs is 1. The van der Waals surface area contributed by atoms with Crippen molar-refractivity contribution >= 4 is 5.65 Å². The summed E-state index contributed by atoms with van der Waals surface area (Å²) in [4.78, 5) is 20.1. The Morgan fingerprint density at radius 2 is 2.25 bits per heavy atom. The van der Waals surface area contributed by atoms with Gasteiger partial charge in [-0.2, -0.15) is 0 Å². The van der Waals surface area contributed by atoms with Crippen molar-refractivity contribution in [2.45, 2.75) is 0 Å². The van der Waals surface area contributed by atoms with Crippen LogP contribution >= 0.6 is 0 Å². The van der Waals surface area contributed by atoms with Crippen molar-refractivity contribution in [3.63, 3.8) is 0 Å². The molecule has 0 fully saturated rings. The lowest BCUT2D eigenvalue weighted by atomic mass is 10.2. The van der Waals surface area contributed by atoms with Crippen LogP contribution in [0.1, 0.15) is 0 Å². The number of rotatable bonds is 1. The molecule has 0 bridgehead atoms. The summed E-state index contributed by atoms with van der Waals surface area (Å²) < 4.78 is 1.39. The van der Waals surface area contributed by atoms with E-state index in [1.807, 2.05) is 12.1 Å². The Hall–Kier alpha value is -2.43. The van der Waals surface area contributed by atoms with E-state index < -0.39 is 0 Å². The summed E-state index contributed by atoms with van der Waals surface area (Å²) >= 11 is 0. The van der Waals surface area contributed by atoms with E-state index in [1.54, 1.807) is 24.7 Å². The molecule has 0 aliphatic rings. The van der Waals surface area contributed by atoms with Crippen LogP contribution < -0.4 is 5.56 Å². The van der Waals surface area contributed by atoms with Crippen LogP contribution in [0.25, 0.3) is 16.9 Å². The third kappa shape index (κ3) is 1.30. The zero-order valence-corrected chi connectivity index (χ0v) is 8.29. The molecule has 3 aromatic rings. The van der Waals surface area contributed by atoms with Gasteiger partial charge in [0.2, 0.25) is 0 Å². The van der Waals surface area contributed by atoms with Crippen LogP contribution in [-0.2, 0) is 0 Å². The van der Waals surface area contributed by atoms with Crippen molar-refractivity contribution in [1.82, 2.24) is 19.6 Å². The molecule has 16 heavy (non-hydrogen) atoms. The van der Waals surface area contributed by atoms with E-state index in [9.17, 15) is 4.79 Å². The van der Waals surface area contributed by atoms with Gasteiger partial charge in [0, 0.05) is 36.3 Å². The summed E-state index contributed by atoms with van der Waals surface area (Å²) in [7, 11) is 0. The number of pyridine rings is 1. The molecule has 0 aliphatic carbocycles. The van der Waals surface area contributed by atoms with Crippen LogP contribution in [-0.4, -0.2) is 19.6 Å². The zero-order chi connectivity index (χ0) is 11.0. The molecular weight excluding hydrogens is 204 g/mol. The molecule has 0 radical (unpaired) electrons. The van der Waals surface area contributed by atoms with Crippen LogP contribution in [0.2, 0.25) is 0 Å². The normalized spacial score (nSPS) is 10.8. The van der Waals surface area contributed by atoms with Gasteiger partial charge in [0.25, 0.3) is 5.56 Å². The Bertz CT molecular complexity index is 684. The number of H-pyrrole nitrogens is 1. The highest BCUT2D eigenvalue weighted by Crippen LogP contribution is 2.13. The molecular formula is C11H8N4O. The van der Waals surface area contributed by atoms with Crippen molar-refractivity contribution in [2.24, 2.45) is 0 Å². The Morgan fingerprint density at radius 3 is 3.06 bits per heavy atom. The predicted molar refractivity (Wildman–Crippen MR) is 59.0 cm³/mol. The Labute approximate surface area is 90.4 Å². The summed E-state index contributed by atoms with van der Waals surface area (Å²) in [6.07, 6.45) is 5.05. The highest BCUT2D eigenvalue weighted by Gasteiger charge is 2.04. The van der Waals surface area contributed by atoms with E-state index in [-0.39, 0.29) is 5.56 Å². The van der Waals surface area contributed by atoms with Crippen molar-refractivity contribution in [3.05, 3.63) is 53.2 Å². The molecule has 3 aromatic heterocycles. The van der Waals surface area contributed by atoms with Crippen LogP contribution in [0, 0.1) is 0 Å². The molecule has 5 heteroatoms. The molecule has 1 N–H and O–H groups in total. The van der Waals surface area contributed by atoms with Crippen LogP contribution in [0.15, 0.2) is 47.7 Å². The molecule has 0 amide bonds. The summed E-state index contributed by atoms with van der Waals surface area (Å²) in [5.41, 5.74) is 1.95. The molecule has 0 atom stereocenters. The van der Waals surface area contributed by atoms with Crippen LogP contribution in [0.5, 0.6) is 0 Å². The average Bonchev–Trinajstić information content (AvgIpc) is 2.79. The van der Waals surface area contributed by atoms with Crippen molar-refractivity contribution in [3.8, 4) is 11.3 Å². The summed E-state index contributed by atoms with van der Waals surface area (Å²) in [6, 6.07) is 6.93. The minimum absolute atomic E-state index is 0.131. The number of aromatic nitrogens is 4. The fourth-order valence-electron chi connectivity index (χ4n) is 1.59. The first-order valence-corrected chi connectivity index (χ1v) is 4.82. The smallest absolute Gasteiger partial charge is 0.273 e. The predicted octanol–water partition coefficient (Wildman–Crippen LogP) is 1.08. The summed E-state index contributed by atoms with van der Waals surface area (Å²) in [5.74, 6) is 0. The third-order valence-corrected chi connectivity index (χ3v) is 2.34. The number of hydrogen-bond acceptors (Lipinski definition) is 3. The van der Waals surface area contributed by atoms with Gasteiger partial charge in [-0.05, 0) is 12.1 Å². The van der Waals surface area contributed by atoms with Crippen LogP contribution in [0.3, 0.4) is 0 Å². The minimum Gasteiger partial charge on any atom is -0.297 e. The van der Waals surface area contributed by atoms with Gasteiger partial charge < -0.3 is 0 Å². The van der Waals surface area contributed by atoms with Gasteiger partial charge in [-0.25, -0.2) is 9.50 Å². The third-order valence-electron chi connectivity index (χ3n) is 2.34. The molecule has 5 nitrogen and oxygen atoms in total. The molecule has 0 saturated heterocycles. The van der Waals surface area contributed by atoms with E-state index in [4.69, 9.17) is 0 Å². The molecule has 3 rings (SSSR count). The lowest BCUT2D eigenvalue weighted by molar-refractivity contribution is 0.901. The molecule has 3 heterocycles. The van der Waals surface area contributed by atoms with Crippen molar-refractivity contribution in [2.75, 3.05) is 0 Å². The fraction of sp³-hybridized carbons (Fsp3) is 0. The van der Waals surface area contributed by atoms with Gasteiger partial charge in [0.1, 0.15) is 0 Å². The second-order valence-electron chi connectivity index (χ2n) is 3.38. The van der Waals surface area contributed by atoms with Gasteiger partial charge in [0.15, 0.2) is 5.65 Å². The standard InChI is InChI=1S/C11H8N4O/c16-11-6-9(8-2-1-4-12-7-8)14-10-3-5-13-15(10)11/h1-7,13H. The largest absolute Gasteiger partial charge is 0.297 e. The van der Waals surface area contributed by atoms with E-state index in [1.165, 1.54) is 10.6 Å². The minimum atomic E-state index is -0.131. The first-order valence-electron chi connectivity index (χ1n) is 4.82. The van der Waals surface area contributed by atoms with Crippen molar-refractivity contribution < 1.29 is 0 Å². The lowest BCUT2D eigenvalue weighted by Gasteiger charge is -1.99. The quantitative estimate of drug-likeness (QED) is 0.656. The van der Waals surface area contributed by atoms with E-state index in [0.717, 1.165) is 5.56 Å². The van der Waals surface area contributed by atoms with Crippen LogP contribution in [0.4, 0.5) is 0 Å². The lowest BCUT2D eigenvalue weighted by Crippen LogP contribution is -2.13. The number of hydrogen-bond donors (Lipinski definition) is 1. The molecule has 78 valence electrons. The first kappa shape index (κ1) is 8.84. The first-order chi connectivity index (χ1) is 7.84. The zero-order valence-electron chi connectivity index (χ0n) is 8.29. The Kier molecular flexibility index (Phi) is 1.83. The molecule has 0 spiro atoms. The van der Waals surface area contributed by atoms with Gasteiger partial charge in [-0.15, -0.1) is 0 Å². The number of aromatic amines is 1. The van der Waals surface area contributed by atoms with Gasteiger partial charge in [0.05, 0.1) is 5.69 Å². The van der Waals surface area contributed by atoms with Crippen molar-refractivity contribution in [1.29, 1.82) is 0 Å². The highest BCUT2D eigenvalue weighted by atomic mass is 16.1. The van der Waals surface area contributed by atoms with Gasteiger partial charge in [-0.3, -0.25) is 14.9 Å². The van der Waals surface area contributed by atoms with E-state index in [0.29, 0.717) is 11.3 Å². The second-order valence-corrected chi connectivity index (χ2v) is 3.38. The summed E-state index contributed by atoms with van der Waals surface area (Å²) in [5, 5.41) is 2.79. The Morgan fingerprint density at radius 1 is 1.31 bits per heavy atom. The summed E-state index contributed by atoms with van der Waals surface area (Å²) in [6.45, 7) is 0. The fourth-order valence-corrected chi connectivity index (χ4v) is 1.59. The maximum Gasteiger partial charge on any atom is 0.273 e. The van der Waals surface area contributed by atoms with E-state index >= 15 is 0 Å². The van der Waals surface area contributed by atoms with E-state index in [2.05, 4.69) is 15.1 Å². The SMILES string of the molecule is O=c1cc(-c2cccnc2)nc2cc[nH]n12.